The Balaban J connectivity index is 1.66. The van der Waals surface area contributed by atoms with E-state index in [0.717, 1.165) is 30.3 Å². The van der Waals surface area contributed by atoms with Crippen molar-refractivity contribution in [3.05, 3.63) is 59.9 Å². The van der Waals surface area contributed by atoms with Gasteiger partial charge >= 0.3 is 13.3 Å². The first-order chi connectivity index (χ1) is 14.7. The Morgan fingerprint density at radius 1 is 1.26 bits per heavy atom. The van der Waals surface area contributed by atoms with Crippen LogP contribution in [-0.2, 0) is 23.9 Å². The van der Waals surface area contributed by atoms with Crippen LogP contribution < -0.4 is 10.1 Å². The van der Waals surface area contributed by atoms with E-state index in [-0.39, 0.29) is 24.2 Å². The Labute approximate surface area is 176 Å². The molecule has 0 spiro atoms. The highest BCUT2D eigenvalue weighted by atomic mass is 19.4. The number of halogens is 3. The Kier molecular flexibility index (Phi) is 6.86. The molecule has 0 radical (unpaired) electrons. The molecule has 3 aromatic rings. The number of ether oxygens (including phenoxy) is 1. The Hall–Kier alpha value is -3.05. The number of aromatic nitrogens is 2. The van der Waals surface area contributed by atoms with E-state index in [1.165, 1.54) is 6.07 Å². The van der Waals surface area contributed by atoms with Crippen LogP contribution in [0.1, 0.15) is 17.5 Å². The fourth-order valence-corrected chi connectivity index (χ4v) is 3.28. The number of nitrogens with zero attached hydrogens (tertiary/aromatic N) is 2. The van der Waals surface area contributed by atoms with Crippen LogP contribution in [0.5, 0.6) is 5.75 Å². The highest BCUT2D eigenvalue weighted by molar-refractivity contribution is 6.43. The van der Waals surface area contributed by atoms with Crippen molar-refractivity contribution in [1.82, 2.24) is 14.9 Å². The number of nitrogens with one attached hydrogen (secondary N) is 1. The fourth-order valence-electron chi connectivity index (χ4n) is 3.28. The third kappa shape index (κ3) is 5.56. The molecule has 1 atom stereocenters. The lowest BCUT2D eigenvalue weighted by Gasteiger charge is -2.19. The van der Waals surface area contributed by atoms with Crippen LogP contribution in [-0.4, -0.2) is 45.7 Å². The molecule has 0 aliphatic carbocycles. The lowest BCUT2D eigenvalue weighted by molar-refractivity contribution is -0.138. The second-order valence-electron chi connectivity index (χ2n) is 7.00. The average Bonchev–Trinajstić information content (AvgIpc) is 3.14. The zero-order chi connectivity index (χ0) is 22.6. The van der Waals surface area contributed by atoms with Gasteiger partial charge in [-0.1, -0.05) is 18.2 Å². The van der Waals surface area contributed by atoms with Gasteiger partial charge < -0.3 is 24.7 Å². The van der Waals surface area contributed by atoms with Gasteiger partial charge in [-0.2, -0.15) is 13.2 Å². The summed E-state index contributed by atoms with van der Waals surface area (Å²) in [6.07, 6.45) is -3.21. The van der Waals surface area contributed by atoms with E-state index >= 15 is 0 Å². The van der Waals surface area contributed by atoms with Gasteiger partial charge in [-0.3, -0.25) is 4.79 Å². The maximum Gasteiger partial charge on any atom is 0.475 e. The SMILES string of the molecule is COc1ccc(CC(NC(=O)CCn2cnc3ccccc32)B(O)O)cc1C(F)(F)F. The maximum atomic E-state index is 13.2. The normalized spacial score (nSPS) is 12.6. The zero-order valence-corrected chi connectivity index (χ0v) is 16.6. The summed E-state index contributed by atoms with van der Waals surface area (Å²) in [5.74, 6) is -1.99. The van der Waals surface area contributed by atoms with Gasteiger partial charge in [0.05, 0.1) is 36.0 Å². The van der Waals surface area contributed by atoms with Gasteiger partial charge in [-0.15, -0.1) is 0 Å². The Bertz CT molecular complexity index is 1060. The first kappa shape index (κ1) is 22.6. The summed E-state index contributed by atoms with van der Waals surface area (Å²) in [5.41, 5.74) is 0.836. The third-order valence-corrected chi connectivity index (χ3v) is 4.84. The van der Waals surface area contributed by atoms with Gasteiger partial charge in [0.1, 0.15) is 5.75 Å². The number of rotatable bonds is 8. The van der Waals surface area contributed by atoms with E-state index in [0.29, 0.717) is 6.54 Å². The van der Waals surface area contributed by atoms with Crippen molar-refractivity contribution in [2.24, 2.45) is 0 Å². The Morgan fingerprint density at radius 3 is 2.68 bits per heavy atom. The molecule has 1 unspecified atom stereocenters. The van der Waals surface area contributed by atoms with Crippen molar-refractivity contribution in [2.75, 3.05) is 7.11 Å². The number of alkyl halides is 3. The summed E-state index contributed by atoms with van der Waals surface area (Å²) in [7, 11) is -0.816. The third-order valence-electron chi connectivity index (χ3n) is 4.84. The molecule has 164 valence electrons. The van der Waals surface area contributed by atoms with E-state index in [2.05, 4.69) is 10.3 Å². The maximum absolute atomic E-state index is 13.2. The second-order valence-corrected chi connectivity index (χ2v) is 7.00. The van der Waals surface area contributed by atoms with Crippen molar-refractivity contribution in [3.8, 4) is 5.75 Å². The molecule has 0 saturated carbocycles. The molecule has 3 N–H and O–H groups in total. The van der Waals surface area contributed by atoms with Gasteiger partial charge in [0, 0.05) is 13.0 Å². The number of imidazole rings is 1. The van der Waals surface area contributed by atoms with Crippen molar-refractivity contribution in [3.63, 3.8) is 0 Å². The number of carbonyl (C=O) groups is 1. The topological polar surface area (TPSA) is 96.6 Å². The van der Waals surface area contributed by atoms with Gasteiger partial charge in [-0.05, 0) is 36.2 Å². The fraction of sp³-hybridized carbons (Fsp3) is 0.300. The molecule has 0 aliphatic rings. The summed E-state index contributed by atoms with van der Waals surface area (Å²) >= 11 is 0. The van der Waals surface area contributed by atoms with Gasteiger partial charge in [-0.25, -0.2) is 4.98 Å². The molecule has 3 rings (SSSR count). The summed E-state index contributed by atoms with van der Waals surface area (Å²) in [5, 5.41) is 21.7. The molecule has 0 bridgehead atoms. The number of fused-ring (bicyclic) bond motifs is 1. The predicted octanol–water partition coefficient (Wildman–Crippen LogP) is 2.19. The minimum atomic E-state index is -4.63. The first-order valence-electron chi connectivity index (χ1n) is 9.48. The molecule has 7 nitrogen and oxygen atoms in total. The molecule has 0 fully saturated rings. The van der Waals surface area contributed by atoms with Crippen LogP contribution in [0, 0.1) is 0 Å². The van der Waals surface area contributed by atoms with E-state index in [1.54, 1.807) is 10.9 Å². The van der Waals surface area contributed by atoms with Crippen LogP contribution in [0.25, 0.3) is 11.0 Å². The smallest absolute Gasteiger partial charge is 0.475 e. The summed E-state index contributed by atoms with van der Waals surface area (Å²) in [4.78, 5) is 16.6. The number of methoxy groups -OCH3 is 1. The number of benzene rings is 2. The van der Waals surface area contributed by atoms with Gasteiger partial charge in [0.25, 0.3) is 0 Å². The van der Waals surface area contributed by atoms with Gasteiger partial charge in [0.2, 0.25) is 5.91 Å². The van der Waals surface area contributed by atoms with Crippen molar-refractivity contribution in [2.45, 2.75) is 31.5 Å². The molecule has 31 heavy (non-hydrogen) atoms. The molecule has 2 aromatic carbocycles. The number of amides is 1. The van der Waals surface area contributed by atoms with E-state index in [9.17, 15) is 28.0 Å². The van der Waals surface area contributed by atoms with E-state index in [1.807, 2.05) is 24.3 Å². The summed E-state index contributed by atoms with van der Waals surface area (Å²) in [6.45, 7) is 0.307. The standard InChI is InChI=1S/C20H21BF3N3O4/c1-31-17-7-6-13(10-14(17)20(22,23)24)11-18(21(29)30)26-19(28)8-9-27-12-25-15-4-2-3-5-16(15)27/h2-7,10,12,18,29-30H,8-9,11H2,1H3,(H,26,28). The highest BCUT2D eigenvalue weighted by Crippen LogP contribution is 2.36. The molecule has 0 saturated heterocycles. The molecule has 1 amide bonds. The number of hydrogen-bond acceptors (Lipinski definition) is 5. The molecule has 1 aromatic heterocycles. The largest absolute Gasteiger partial charge is 0.496 e. The van der Waals surface area contributed by atoms with Crippen LogP contribution in [0.4, 0.5) is 13.2 Å². The minimum absolute atomic E-state index is 0.0278. The van der Waals surface area contributed by atoms with E-state index < -0.39 is 30.7 Å². The van der Waals surface area contributed by atoms with Crippen LogP contribution in [0.15, 0.2) is 48.8 Å². The monoisotopic (exact) mass is 435 g/mol. The lowest BCUT2D eigenvalue weighted by atomic mass is 9.75. The summed E-state index contributed by atoms with van der Waals surface area (Å²) < 4.78 is 46.2. The lowest BCUT2D eigenvalue weighted by Crippen LogP contribution is -2.48. The average molecular weight is 435 g/mol. The van der Waals surface area contributed by atoms with Crippen molar-refractivity contribution < 1.29 is 32.8 Å². The highest BCUT2D eigenvalue weighted by Gasteiger charge is 2.35. The van der Waals surface area contributed by atoms with Gasteiger partial charge in [0.15, 0.2) is 0 Å². The van der Waals surface area contributed by atoms with Crippen molar-refractivity contribution in [1.29, 1.82) is 0 Å². The Morgan fingerprint density at radius 2 is 2.00 bits per heavy atom. The number of hydrogen-bond donors (Lipinski definition) is 3. The van der Waals surface area contributed by atoms with Crippen LogP contribution in [0.3, 0.4) is 0 Å². The molecule has 11 heteroatoms. The molecule has 0 aliphatic heterocycles. The van der Waals surface area contributed by atoms with E-state index in [4.69, 9.17) is 4.74 Å². The molecule has 1 heterocycles. The minimum Gasteiger partial charge on any atom is -0.496 e. The van der Waals surface area contributed by atoms with Crippen LogP contribution >= 0.6 is 0 Å². The molecular weight excluding hydrogens is 414 g/mol. The first-order valence-corrected chi connectivity index (χ1v) is 9.48. The second kappa shape index (κ2) is 9.40. The number of aryl methyl sites for hydroxylation is 1. The summed E-state index contributed by atoms with van der Waals surface area (Å²) in [6, 6.07) is 10.8. The predicted molar refractivity (Wildman–Crippen MR) is 108 cm³/mol. The number of carbonyl (C=O) groups excluding carboxylic acids is 1. The quantitative estimate of drug-likeness (QED) is 0.472. The van der Waals surface area contributed by atoms with Crippen LogP contribution in [0.2, 0.25) is 0 Å². The molecular formula is C20H21BF3N3O4. The zero-order valence-electron chi connectivity index (χ0n) is 16.6. The van der Waals surface area contributed by atoms with Crippen molar-refractivity contribution >= 4 is 24.1 Å². The number of para-hydroxylation sites is 2.